The second-order valence-electron chi connectivity index (χ2n) is 5.89. The van der Waals surface area contributed by atoms with E-state index in [9.17, 15) is 13.2 Å². The predicted molar refractivity (Wildman–Crippen MR) is 86.9 cm³/mol. The zero-order chi connectivity index (χ0) is 16.6. The van der Waals surface area contributed by atoms with Crippen molar-refractivity contribution in [1.82, 2.24) is 13.9 Å². The normalized spacial score (nSPS) is 14.2. The molecule has 0 spiro atoms. The molecule has 1 aliphatic carbocycles. The fourth-order valence-electron chi connectivity index (χ4n) is 2.79. The van der Waals surface area contributed by atoms with Gasteiger partial charge in [0, 0.05) is 19.7 Å². The minimum absolute atomic E-state index is 0.0200. The second-order valence-corrected chi connectivity index (χ2v) is 8.04. The van der Waals surface area contributed by atoms with Crippen LogP contribution < -0.4 is 5.56 Å². The molecule has 23 heavy (non-hydrogen) atoms. The van der Waals surface area contributed by atoms with Gasteiger partial charge in [-0.25, -0.2) is 17.7 Å². The SMILES string of the molecule is CN(C)S(=O)(=O)c1cccc(Cn2cnc3c(c2=O)CCC3)c1. The largest absolute Gasteiger partial charge is 0.295 e. The lowest BCUT2D eigenvalue weighted by Crippen LogP contribution is -2.25. The van der Waals surface area contributed by atoms with Crippen LogP contribution in [-0.4, -0.2) is 36.4 Å². The Labute approximate surface area is 135 Å². The van der Waals surface area contributed by atoms with Crippen LogP contribution in [0.4, 0.5) is 0 Å². The van der Waals surface area contributed by atoms with Crippen LogP contribution in [0.15, 0.2) is 40.3 Å². The molecule has 3 rings (SSSR count). The first kappa shape index (κ1) is 15.9. The molecule has 0 unspecified atom stereocenters. The molecule has 122 valence electrons. The Morgan fingerprint density at radius 2 is 2.04 bits per heavy atom. The van der Waals surface area contributed by atoms with E-state index in [2.05, 4.69) is 4.98 Å². The van der Waals surface area contributed by atoms with Crippen LogP contribution in [0, 0.1) is 0 Å². The summed E-state index contributed by atoms with van der Waals surface area (Å²) >= 11 is 0. The molecule has 0 saturated carbocycles. The molecule has 0 aliphatic heterocycles. The molecule has 0 radical (unpaired) electrons. The van der Waals surface area contributed by atoms with E-state index in [1.807, 2.05) is 6.07 Å². The van der Waals surface area contributed by atoms with E-state index in [1.54, 1.807) is 29.1 Å². The smallest absolute Gasteiger partial charge is 0.257 e. The van der Waals surface area contributed by atoms with Gasteiger partial charge in [-0.2, -0.15) is 0 Å². The summed E-state index contributed by atoms with van der Waals surface area (Å²) in [5.41, 5.74) is 2.43. The first-order valence-corrected chi connectivity index (χ1v) is 8.92. The zero-order valence-corrected chi connectivity index (χ0v) is 14.0. The van der Waals surface area contributed by atoms with E-state index in [0.717, 1.165) is 36.1 Å². The first-order chi connectivity index (χ1) is 10.9. The molecule has 2 aromatic rings. The number of hydrogen-bond donors (Lipinski definition) is 0. The van der Waals surface area contributed by atoms with Crippen LogP contribution in [0.5, 0.6) is 0 Å². The van der Waals surface area contributed by atoms with Gasteiger partial charge in [0.05, 0.1) is 23.5 Å². The lowest BCUT2D eigenvalue weighted by atomic mass is 10.2. The lowest BCUT2D eigenvalue weighted by molar-refractivity contribution is 0.520. The summed E-state index contributed by atoms with van der Waals surface area (Å²) in [7, 11) is -0.487. The van der Waals surface area contributed by atoms with Crippen LogP contribution in [0.2, 0.25) is 0 Å². The quantitative estimate of drug-likeness (QED) is 0.838. The maximum absolute atomic E-state index is 12.5. The van der Waals surface area contributed by atoms with E-state index in [4.69, 9.17) is 0 Å². The molecule has 0 atom stereocenters. The summed E-state index contributed by atoms with van der Waals surface area (Å²) in [5, 5.41) is 0. The van der Waals surface area contributed by atoms with Crippen LogP contribution in [0.3, 0.4) is 0 Å². The number of benzene rings is 1. The van der Waals surface area contributed by atoms with Gasteiger partial charge in [0.2, 0.25) is 10.0 Å². The summed E-state index contributed by atoms with van der Waals surface area (Å²) in [4.78, 5) is 17.0. The zero-order valence-electron chi connectivity index (χ0n) is 13.2. The van der Waals surface area contributed by atoms with E-state index < -0.39 is 10.0 Å². The molecular weight excluding hydrogens is 314 g/mol. The van der Waals surface area contributed by atoms with E-state index in [-0.39, 0.29) is 10.5 Å². The van der Waals surface area contributed by atoms with Crippen LogP contribution in [0.25, 0.3) is 0 Å². The summed E-state index contributed by atoms with van der Waals surface area (Å²) in [6.07, 6.45) is 4.16. The highest BCUT2D eigenvalue weighted by atomic mass is 32.2. The fourth-order valence-corrected chi connectivity index (χ4v) is 3.76. The minimum atomic E-state index is -3.48. The molecule has 1 aromatic heterocycles. The molecule has 1 heterocycles. The number of aromatic nitrogens is 2. The highest BCUT2D eigenvalue weighted by molar-refractivity contribution is 7.89. The van der Waals surface area contributed by atoms with E-state index in [0.29, 0.717) is 6.54 Å². The Morgan fingerprint density at radius 3 is 2.78 bits per heavy atom. The molecule has 1 aromatic carbocycles. The predicted octanol–water partition coefficient (Wildman–Crippen LogP) is 1.03. The van der Waals surface area contributed by atoms with E-state index >= 15 is 0 Å². The van der Waals surface area contributed by atoms with Crippen molar-refractivity contribution in [2.45, 2.75) is 30.7 Å². The summed E-state index contributed by atoms with van der Waals surface area (Å²) in [5.74, 6) is 0. The van der Waals surface area contributed by atoms with Gasteiger partial charge in [-0.1, -0.05) is 12.1 Å². The van der Waals surface area contributed by atoms with Gasteiger partial charge in [-0.05, 0) is 37.0 Å². The maximum atomic E-state index is 12.5. The molecular formula is C16H19N3O3S. The first-order valence-electron chi connectivity index (χ1n) is 7.48. The Hall–Kier alpha value is -1.99. The number of hydrogen-bond acceptors (Lipinski definition) is 4. The standard InChI is InChI=1S/C16H19N3O3S/c1-18(2)23(21,22)13-6-3-5-12(9-13)10-19-11-17-15-8-4-7-14(15)16(19)20/h3,5-6,9,11H,4,7-8,10H2,1-2H3. The lowest BCUT2D eigenvalue weighted by Gasteiger charge is -2.13. The minimum Gasteiger partial charge on any atom is -0.295 e. The molecule has 0 N–H and O–H groups in total. The number of sulfonamides is 1. The number of fused-ring (bicyclic) bond motifs is 1. The van der Waals surface area contributed by atoms with Crippen molar-refractivity contribution in [3.05, 3.63) is 57.8 Å². The van der Waals surface area contributed by atoms with Gasteiger partial charge >= 0.3 is 0 Å². The van der Waals surface area contributed by atoms with Crippen molar-refractivity contribution < 1.29 is 8.42 Å². The number of aryl methyl sites for hydroxylation is 1. The van der Waals surface area contributed by atoms with Gasteiger partial charge in [-0.3, -0.25) is 9.36 Å². The topological polar surface area (TPSA) is 72.3 Å². The monoisotopic (exact) mass is 333 g/mol. The van der Waals surface area contributed by atoms with Crippen molar-refractivity contribution in [3.63, 3.8) is 0 Å². The average Bonchev–Trinajstić information content (AvgIpc) is 2.99. The van der Waals surface area contributed by atoms with Crippen LogP contribution in [0.1, 0.15) is 23.2 Å². The molecule has 7 heteroatoms. The molecule has 0 amide bonds. The molecule has 0 saturated heterocycles. The summed E-state index contributed by atoms with van der Waals surface area (Å²) < 4.78 is 27.1. The summed E-state index contributed by atoms with van der Waals surface area (Å²) in [6, 6.07) is 6.67. The fraction of sp³-hybridized carbons (Fsp3) is 0.375. The third kappa shape index (κ3) is 2.94. The Morgan fingerprint density at radius 1 is 1.26 bits per heavy atom. The number of rotatable bonds is 4. The van der Waals surface area contributed by atoms with Crippen molar-refractivity contribution in [1.29, 1.82) is 0 Å². The highest BCUT2D eigenvalue weighted by Crippen LogP contribution is 2.17. The average molecular weight is 333 g/mol. The van der Waals surface area contributed by atoms with E-state index in [1.165, 1.54) is 18.4 Å². The molecule has 1 aliphatic rings. The van der Waals surface area contributed by atoms with Crippen molar-refractivity contribution >= 4 is 10.0 Å². The van der Waals surface area contributed by atoms with Crippen LogP contribution >= 0.6 is 0 Å². The summed E-state index contributed by atoms with van der Waals surface area (Å²) in [6.45, 7) is 0.315. The number of nitrogens with zero attached hydrogens (tertiary/aromatic N) is 3. The molecule has 0 fully saturated rings. The van der Waals surface area contributed by atoms with Gasteiger partial charge in [0.15, 0.2) is 0 Å². The van der Waals surface area contributed by atoms with Crippen molar-refractivity contribution in [2.24, 2.45) is 0 Å². The highest BCUT2D eigenvalue weighted by Gasteiger charge is 2.19. The van der Waals surface area contributed by atoms with Gasteiger partial charge < -0.3 is 0 Å². The Kier molecular flexibility index (Phi) is 4.08. The van der Waals surface area contributed by atoms with Gasteiger partial charge in [-0.15, -0.1) is 0 Å². The van der Waals surface area contributed by atoms with Crippen LogP contribution in [-0.2, 0) is 29.4 Å². The Balaban J connectivity index is 1.95. The second kappa shape index (κ2) is 5.90. The molecule has 6 nitrogen and oxygen atoms in total. The van der Waals surface area contributed by atoms with Crippen molar-refractivity contribution in [2.75, 3.05) is 14.1 Å². The molecule has 0 bridgehead atoms. The van der Waals surface area contributed by atoms with Gasteiger partial charge in [0.1, 0.15) is 0 Å². The van der Waals surface area contributed by atoms with Gasteiger partial charge in [0.25, 0.3) is 5.56 Å². The Bertz CT molecular complexity index is 901. The third-order valence-electron chi connectivity index (χ3n) is 4.09. The van der Waals surface area contributed by atoms with Crippen molar-refractivity contribution in [3.8, 4) is 0 Å². The maximum Gasteiger partial charge on any atom is 0.257 e. The third-order valence-corrected chi connectivity index (χ3v) is 5.90.